The second-order valence-electron chi connectivity index (χ2n) is 4.36. The number of pyridine rings is 1. The molecular formula is C18H18N2O. The van der Waals surface area contributed by atoms with Crippen LogP contribution in [0.4, 0.5) is 0 Å². The Labute approximate surface area is 125 Å². The van der Waals surface area contributed by atoms with Crippen LogP contribution in [0, 0.1) is 11.8 Å². The van der Waals surface area contributed by atoms with Crippen LogP contribution in [0.3, 0.4) is 0 Å². The van der Waals surface area contributed by atoms with Gasteiger partial charge in [0.25, 0.3) is 5.91 Å². The van der Waals surface area contributed by atoms with Crippen molar-refractivity contribution >= 4 is 5.91 Å². The van der Waals surface area contributed by atoms with Crippen LogP contribution in [0.1, 0.15) is 40.9 Å². The van der Waals surface area contributed by atoms with Gasteiger partial charge in [-0.15, -0.1) is 0 Å². The summed E-state index contributed by atoms with van der Waals surface area (Å²) in [4.78, 5) is 15.6. The summed E-state index contributed by atoms with van der Waals surface area (Å²) in [5.41, 5.74) is 3.71. The van der Waals surface area contributed by atoms with Crippen molar-refractivity contribution in [1.82, 2.24) is 10.3 Å². The lowest BCUT2D eigenvalue weighted by Crippen LogP contribution is -2.31. The number of aromatic nitrogens is 1. The van der Waals surface area contributed by atoms with Crippen molar-refractivity contribution < 1.29 is 4.79 Å². The fraction of sp³-hybridized carbons (Fsp3) is 0.222. The van der Waals surface area contributed by atoms with E-state index in [2.05, 4.69) is 22.1 Å². The number of fused-ring (bicyclic) bond motifs is 1. The molecule has 1 aliphatic heterocycles. The molecule has 3 heteroatoms. The van der Waals surface area contributed by atoms with Crippen molar-refractivity contribution in [3.63, 3.8) is 0 Å². The molecule has 1 aromatic carbocycles. The fourth-order valence-electron chi connectivity index (χ4n) is 2.09. The molecule has 1 amide bonds. The first-order chi connectivity index (χ1) is 10.3. The van der Waals surface area contributed by atoms with E-state index < -0.39 is 0 Å². The molecule has 0 unspecified atom stereocenters. The van der Waals surface area contributed by atoms with Gasteiger partial charge in [-0.2, -0.15) is 0 Å². The summed E-state index contributed by atoms with van der Waals surface area (Å²) in [6.07, 6.45) is 4.31. The number of hydrogen-bond acceptors (Lipinski definition) is 2. The zero-order chi connectivity index (χ0) is 15.1. The second kappa shape index (κ2) is 7.25. The molecule has 106 valence electrons. The van der Waals surface area contributed by atoms with E-state index in [-0.39, 0.29) is 5.91 Å². The van der Waals surface area contributed by atoms with Gasteiger partial charge in [0.2, 0.25) is 0 Å². The Hall–Kier alpha value is -2.60. The molecule has 1 N–H and O–H groups in total. The van der Waals surface area contributed by atoms with E-state index in [1.165, 1.54) is 0 Å². The summed E-state index contributed by atoms with van der Waals surface area (Å²) in [6.45, 7) is 4.70. The second-order valence-corrected chi connectivity index (χ2v) is 4.36. The topological polar surface area (TPSA) is 42.0 Å². The van der Waals surface area contributed by atoms with E-state index in [1.807, 2.05) is 44.2 Å². The van der Waals surface area contributed by atoms with E-state index in [9.17, 15) is 4.79 Å². The zero-order valence-corrected chi connectivity index (χ0v) is 12.3. The van der Waals surface area contributed by atoms with Gasteiger partial charge in [-0.3, -0.25) is 9.78 Å². The minimum absolute atomic E-state index is 0.00916. The molecule has 0 fully saturated rings. The molecule has 0 aliphatic carbocycles. The molecule has 0 radical (unpaired) electrons. The van der Waals surface area contributed by atoms with Gasteiger partial charge in [-0.25, -0.2) is 0 Å². The molecule has 1 aromatic heterocycles. The highest BCUT2D eigenvalue weighted by Crippen LogP contribution is 2.15. The quantitative estimate of drug-likeness (QED) is 0.753. The Bertz CT molecular complexity index is 681. The molecule has 0 atom stereocenters. The summed E-state index contributed by atoms with van der Waals surface area (Å²) in [5, 5.41) is 2.83. The molecule has 2 heterocycles. The molecule has 1 aliphatic rings. The predicted molar refractivity (Wildman–Crippen MR) is 84.0 cm³/mol. The van der Waals surface area contributed by atoms with Crippen molar-refractivity contribution in [3.8, 4) is 11.8 Å². The summed E-state index contributed by atoms with van der Waals surface area (Å²) in [6, 6.07) is 9.48. The first kappa shape index (κ1) is 14.8. The number of benzene rings is 1. The Morgan fingerprint density at radius 2 is 1.76 bits per heavy atom. The third-order valence-corrected chi connectivity index (χ3v) is 3.06. The monoisotopic (exact) mass is 278 g/mol. The van der Waals surface area contributed by atoms with Crippen LogP contribution in [0.5, 0.6) is 0 Å². The molecule has 2 aromatic rings. The molecule has 0 bridgehead atoms. The van der Waals surface area contributed by atoms with E-state index in [1.54, 1.807) is 12.4 Å². The molecule has 0 saturated carbocycles. The van der Waals surface area contributed by atoms with Gasteiger partial charge in [0.15, 0.2) is 0 Å². The lowest BCUT2D eigenvalue weighted by atomic mass is 9.98. The number of amides is 1. The minimum Gasteiger partial charge on any atom is -0.352 e. The molecule has 0 saturated heterocycles. The maximum atomic E-state index is 11.6. The standard InChI is InChI=1S/C16H12N2O.C2H6/c19-16-15-4-3-13(11-14(15)7-10-18-16)2-1-12-5-8-17-9-6-12;1-2/h3-6,8-9,11H,7,10H2,(H,18,19);1-2H3. The maximum absolute atomic E-state index is 11.6. The number of carbonyl (C=O) groups excluding carboxylic acids is 1. The van der Waals surface area contributed by atoms with E-state index >= 15 is 0 Å². The first-order valence-electron chi connectivity index (χ1n) is 7.16. The van der Waals surface area contributed by atoms with E-state index in [4.69, 9.17) is 0 Å². The van der Waals surface area contributed by atoms with Gasteiger partial charge in [0.05, 0.1) is 0 Å². The summed E-state index contributed by atoms with van der Waals surface area (Å²) in [7, 11) is 0. The van der Waals surface area contributed by atoms with Crippen LogP contribution >= 0.6 is 0 Å². The molecular weight excluding hydrogens is 260 g/mol. The Morgan fingerprint density at radius 3 is 2.52 bits per heavy atom. The zero-order valence-electron chi connectivity index (χ0n) is 12.3. The van der Waals surface area contributed by atoms with E-state index in [0.29, 0.717) is 6.54 Å². The van der Waals surface area contributed by atoms with Crippen molar-refractivity contribution in [2.45, 2.75) is 20.3 Å². The highest BCUT2D eigenvalue weighted by molar-refractivity contribution is 5.96. The normalized spacial score (nSPS) is 12.0. The maximum Gasteiger partial charge on any atom is 0.251 e. The molecule has 21 heavy (non-hydrogen) atoms. The van der Waals surface area contributed by atoms with Gasteiger partial charge < -0.3 is 5.32 Å². The van der Waals surface area contributed by atoms with Crippen LogP contribution in [-0.4, -0.2) is 17.4 Å². The number of hydrogen-bond donors (Lipinski definition) is 1. The lowest BCUT2D eigenvalue weighted by molar-refractivity contribution is 0.0946. The SMILES string of the molecule is CC.O=C1NCCc2cc(C#Cc3ccncc3)ccc21. The minimum atomic E-state index is 0.00916. The largest absolute Gasteiger partial charge is 0.352 e. The highest BCUT2D eigenvalue weighted by Gasteiger charge is 2.15. The number of rotatable bonds is 0. The first-order valence-corrected chi connectivity index (χ1v) is 7.16. The fourth-order valence-corrected chi connectivity index (χ4v) is 2.09. The molecule has 3 nitrogen and oxygen atoms in total. The summed E-state index contributed by atoms with van der Waals surface area (Å²) < 4.78 is 0. The predicted octanol–water partition coefficient (Wildman–Crippen LogP) is 2.79. The Morgan fingerprint density at radius 1 is 1.05 bits per heavy atom. The Balaban J connectivity index is 0.000000774. The van der Waals surface area contributed by atoms with Crippen LogP contribution in [0.15, 0.2) is 42.7 Å². The van der Waals surface area contributed by atoms with Crippen LogP contribution in [0.25, 0.3) is 0 Å². The van der Waals surface area contributed by atoms with Crippen molar-refractivity contribution in [1.29, 1.82) is 0 Å². The van der Waals surface area contributed by atoms with Crippen molar-refractivity contribution in [2.75, 3.05) is 6.54 Å². The highest BCUT2D eigenvalue weighted by atomic mass is 16.1. The average Bonchev–Trinajstić information content (AvgIpc) is 2.56. The van der Waals surface area contributed by atoms with Gasteiger partial charge in [-0.1, -0.05) is 25.7 Å². The smallest absolute Gasteiger partial charge is 0.251 e. The molecule has 3 rings (SSSR count). The third-order valence-electron chi connectivity index (χ3n) is 3.06. The number of carbonyl (C=O) groups is 1. The van der Waals surface area contributed by atoms with Crippen LogP contribution in [-0.2, 0) is 6.42 Å². The van der Waals surface area contributed by atoms with Crippen molar-refractivity contribution in [3.05, 3.63) is 65.0 Å². The van der Waals surface area contributed by atoms with Gasteiger partial charge >= 0.3 is 0 Å². The van der Waals surface area contributed by atoms with Gasteiger partial charge in [-0.05, 0) is 42.3 Å². The number of nitrogens with zero attached hydrogens (tertiary/aromatic N) is 1. The van der Waals surface area contributed by atoms with Crippen LogP contribution in [0.2, 0.25) is 0 Å². The Kier molecular flexibility index (Phi) is 5.11. The van der Waals surface area contributed by atoms with Gasteiger partial charge in [0, 0.05) is 35.6 Å². The lowest BCUT2D eigenvalue weighted by Gasteiger charge is -2.16. The number of nitrogens with one attached hydrogen (secondary N) is 1. The van der Waals surface area contributed by atoms with E-state index in [0.717, 1.165) is 28.7 Å². The van der Waals surface area contributed by atoms with Gasteiger partial charge in [0.1, 0.15) is 0 Å². The molecule has 0 spiro atoms. The summed E-state index contributed by atoms with van der Waals surface area (Å²) >= 11 is 0. The average molecular weight is 278 g/mol. The third kappa shape index (κ3) is 3.70. The summed E-state index contributed by atoms with van der Waals surface area (Å²) in [5.74, 6) is 6.21. The van der Waals surface area contributed by atoms with Crippen LogP contribution < -0.4 is 5.32 Å². The van der Waals surface area contributed by atoms with Crippen molar-refractivity contribution in [2.24, 2.45) is 0 Å².